The van der Waals surface area contributed by atoms with Crippen molar-refractivity contribution >= 4 is 53.3 Å². The summed E-state index contributed by atoms with van der Waals surface area (Å²) in [5.74, 6) is 0.822. The van der Waals surface area contributed by atoms with Gasteiger partial charge in [0.05, 0.1) is 15.0 Å². The molecule has 0 aliphatic heterocycles. The topological polar surface area (TPSA) is 55.4 Å². The van der Waals surface area contributed by atoms with Crippen molar-refractivity contribution in [1.82, 2.24) is 5.32 Å². The van der Waals surface area contributed by atoms with Gasteiger partial charge in [-0.2, -0.15) is 0 Å². The van der Waals surface area contributed by atoms with E-state index in [1.807, 2.05) is 42.5 Å². The van der Waals surface area contributed by atoms with Crippen LogP contribution in [0.15, 0.2) is 75.7 Å². The van der Waals surface area contributed by atoms with Crippen LogP contribution in [-0.2, 0) is 17.4 Å². The fourth-order valence-corrected chi connectivity index (χ4v) is 4.58. The number of carbonyl (C=O) groups excluding carboxylic acids is 2. The molecule has 154 valence electrons. The van der Waals surface area contributed by atoms with Gasteiger partial charge in [-0.1, -0.05) is 36.4 Å². The SMILES string of the molecule is O=C[C@H](Cc1ccccc1)NC(=O)c1cccc(Oc2c(Br)cc(CP)cc2Br)c1. The van der Waals surface area contributed by atoms with Crippen LogP contribution in [0, 0.1) is 0 Å². The monoisotopic (exact) mass is 547 g/mol. The van der Waals surface area contributed by atoms with Gasteiger partial charge in [0, 0.05) is 5.56 Å². The molecule has 0 saturated heterocycles. The minimum atomic E-state index is -0.604. The lowest BCUT2D eigenvalue weighted by molar-refractivity contribution is -0.109. The van der Waals surface area contributed by atoms with Crippen LogP contribution < -0.4 is 10.1 Å². The highest BCUT2D eigenvalue weighted by molar-refractivity contribution is 9.11. The molecule has 3 rings (SSSR count). The fourth-order valence-electron chi connectivity index (χ4n) is 2.90. The second kappa shape index (κ2) is 10.9. The Morgan fingerprint density at radius 1 is 1.00 bits per heavy atom. The Kier molecular flexibility index (Phi) is 8.20. The minimum absolute atomic E-state index is 0.329. The van der Waals surface area contributed by atoms with Crippen molar-refractivity contribution in [3.8, 4) is 11.5 Å². The van der Waals surface area contributed by atoms with Crippen LogP contribution in [0.5, 0.6) is 11.5 Å². The molecule has 2 atom stereocenters. The van der Waals surface area contributed by atoms with Gasteiger partial charge in [0.1, 0.15) is 12.0 Å². The number of ether oxygens (including phenoxy) is 1. The van der Waals surface area contributed by atoms with Crippen LogP contribution in [0.4, 0.5) is 0 Å². The molecule has 0 spiro atoms. The van der Waals surface area contributed by atoms with E-state index in [1.54, 1.807) is 24.3 Å². The number of nitrogens with one attached hydrogen (secondary N) is 1. The molecule has 4 nitrogen and oxygen atoms in total. The van der Waals surface area contributed by atoms with Gasteiger partial charge < -0.3 is 14.8 Å². The quantitative estimate of drug-likeness (QED) is 0.281. The van der Waals surface area contributed by atoms with Crippen LogP contribution in [-0.4, -0.2) is 18.2 Å². The van der Waals surface area contributed by atoms with Crippen LogP contribution in [0.2, 0.25) is 0 Å². The number of benzene rings is 3. The maximum Gasteiger partial charge on any atom is 0.251 e. The van der Waals surface area contributed by atoms with E-state index in [4.69, 9.17) is 4.74 Å². The van der Waals surface area contributed by atoms with Gasteiger partial charge in [-0.15, -0.1) is 9.24 Å². The molecule has 1 amide bonds. The van der Waals surface area contributed by atoms with Gasteiger partial charge in [-0.3, -0.25) is 4.79 Å². The first-order valence-corrected chi connectivity index (χ1v) is 11.7. The van der Waals surface area contributed by atoms with Crippen molar-refractivity contribution in [2.24, 2.45) is 0 Å². The van der Waals surface area contributed by atoms with Crippen molar-refractivity contribution in [3.05, 3.63) is 92.4 Å². The predicted molar refractivity (Wildman–Crippen MR) is 129 cm³/mol. The van der Waals surface area contributed by atoms with E-state index in [0.29, 0.717) is 23.5 Å². The Balaban J connectivity index is 1.73. The molecule has 1 N–H and O–H groups in total. The average Bonchev–Trinajstić information content (AvgIpc) is 2.76. The number of amides is 1. The molecule has 3 aromatic rings. The zero-order valence-electron chi connectivity index (χ0n) is 16.0. The molecule has 0 bridgehead atoms. The molecule has 0 aromatic heterocycles. The lowest BCUT2D eigenvalue weighted by Gasteiger charge is -2.14. The van der Waals surface area contributed by atoms with Crippen molar-refractivity contribution < 1.29 is 14.3 Å². The van der Waals surface area contributed by atoms with Crippen LogP contribution >= 0.6 is 41.1 Å². The molecule has 0 fully saturated rings. The summed E-state index contributed by atoms with van der Waals surface area (Å²) in [5.41, 5.74) is 2.54. The predicted octanol–water partition coefficient (Wildman–Crippen LogP) is 5.92. The number of hydrogen-bond donors (Lipinski definition) is 1. The van der Waals surface area contributed by atoms with Crippen molar-refractivity contribution in [2.45, 2.75) is 18.6 Å². The van der Waals surface area contributed by atoms with Gasteiger partial charge in [0.15, 0.2) is 5.75 Å². The highest BCUT2D eigenvalue weighted by atomic mass is 79.9. The molecular weight excluding hydrogens is 529 g/mol. The number of rotatable bonds is 8. The molecule has 3 aromatic carbocycles. The second-order valence-corrected chi connectivity index (χ2v) is 8.75. The zero-order chi connectivity index (χ0) is 21.5. The first kappa shape index (κ1) is 22.7. The summed E-state index contributed by atoms with van der Waals surface area (Å²) in [4.78, 5) is 24.1. The maximum absolute atomic E-state index is 12.7. The van der Waals surface area contributed by atoms with E-state index in [2.05, 4.69) is 46.4 Å². The van der Waals surface area contributed by atoms with E-state index in [9.17, 15) is 9.59 Å². The fraction of sp³-hybridized carbons (Fsp3) is 0.130. The van der Waals surface area contributed by atoms with Crippen LogP contribution in [0.1, 0.15) is 21.5 Å². The highest BCUT2D eigenvalue weighted by Gasteiger charge is 2.15. The lowest BCUT2D eigenvalue weighted by atomic mass is 10.1. The Morgan fingerprint density at radius 3 is 2.33 bits per heavy atom. The average molecular weight is 549 g/mol. The molecule has 0 aliphatic rings. The van der Waals surface area contributed by atoms with E-state index in [-0.39, 0.29) is 5.91 Å². The zero-order valence-corrected chi connectivity index (χ0v) is 20.3. The van der Waals surface area contributed by atoms with Gasteiger partial charge in [0.25, 0.3) is 5.91 Å². The van der Waals surface area contributed by atoms with E-state index >= 15 is 0 Å². The third-order valence-electron chi connectivity index (χ3n) is 4.39. The Bertz CT molecular complexity index is 1020. The molecule has 1 unspecified atom stereocenters. The van der Waals surface area contributed by atoms with Crippen molar-refractivity contribution in [2.75, 3.05) is 0 Å². The third kappa shape index (κ3) is 6.00. The lowest BCUT2D eigenvalue weighted by Crippen LogP contribution is -2.37. The van der Waals surface area contributed by atoms with E-state index in [1.165, 1.54) is 0 Å². The first-order chi connectivity index (χ1) is 14.5. The highest BCUT2D eigenvalue weighted by Crippen LogP contribution is 2.38. The molecule has 7 heteroatoms. The standard InChI is InChI=1S/C23H20Br2NO3P/c24-20-10-16(14-30)11-21(25)22(20)29-19-8-4-7-17(12-19)23(28)26-18(13-27)9-15-5-2-1-3-6-15/h1-8,10-13,18H,9,14,30H2,(H,26,28)/t18-/m0/s1. The molecule has 0 radical (unpaired) electrons. The largest absolute Gasteiger partial charge is 0.455 e. The Morgan fingerprint density at radius 2 is 1.70 bits per heavy atom. The van der Waals surface area contributed by atoms with Crippen molar-refractivity contribution in [1.29, 1.82) is 0 Å². The maximum atomic E-state index is 12.7. The summed E-state index contributed by atoms with van der Waals surface area (Å²) >= 11 is 7.07. The van der Waals surface area contributed by atoms with Gasteiger partial charge in [-0.05, 0) is 85.9 Å². The smallest absolute Gasteiger partial charge is 0.251 e. The molecule has 0 heterocycles. The van der Waals surface area contributed by atoms with Gasteiger partial charge >= 0.3 is 0 Å². The summed E-state index contributed by atoms with van der Waals surface area (Å²) in [7, 11) is 2.69. The summed E-state index contributed by atoms with van der Waals surface area (Å²) in [6.45, 7) is 0. The summed E-state index contributed by atoms with van der Waals surface area (Å²) < 4.78 is 7.63. The van der Waals surface area contributed by atoms with E-state index in [0.717, 1.165) is 32.5 Å². The van der Waals surface area contributed by atoms with Crippen LogP contribution in [0.3, 0.4) is 0 Å². The number of hydrogen-bond acceptors (Lipinski definition) is 3. The number of carbonyl (C=O) groups is 2. The van der Waals surface area contributed by atoms with Gasteiger partial charge in [0.2, 0.25) is 0 Å². The first-order valence-electron chi connectivity index (χ1n) is 9.26. The van der Waals surface area contributed by atoms with Crippen molar-refractivity contribution in [3.63, 3.8) is 0 Å². The molecule has 0 aliphatic carbocycles. The third-order valence-corrected chi connectivity index (χ3v) is 6.04. The molecule has 30 heavy (non-hydrogen) atoms. The summed E-state index contributed by atoms with van der Waals surface area (Å²) in [6, 6.07) is 19.8. The minimum Gasteiger partial charge on any atom is -0.455 e. The number of aldehydes is 1. The number of halogens is 2. The van der Waals surface area contributed by atoms with Gasteiger partial charge in [-0.25, -0.2) is 0 Å². The van der Waals surface area contributed by atoms with E-state index < -0.39 is 6.04 Å². The normalized spacial score (nSPS) is 11.6. The molecular formula is C23H20Br2NO3P. The van der Waals surface area contributed by atoms with Crippen LogP contribution in [0.25, 0.3) is 0 Å². The summed E-state index contributed by atoms with van der Waals surface area (Å²) in [6.07, 6.45) is 2.02. The summed E-state index contributed by atoms with van der Waals surface area (Å²) in [5, 5.41) is 2.78. The Labute approximate surface area is 194 Å². The Hall–Kier alpha value is -2.01. The molecule has 0 saturated carbocycles. The second-order valence-electron chi connectivity index (χ2n) is 6.63.